The smallest absolute Gasteiger partial charge is 0.223 e. The number of amides is 1. The molecule has 8 heteroatoms. The molecule has 0 radical (unpaired) electrons. The van der Waals surface area contributed by atoms with Gasteiger partial charge >= 0.3 is 0 Å². The zero-order chi connectivity index (χ0) is 20.7. The second-order valence-corrected chi connectivity index (χ2v) is 9.36. The second kappa shape index (κ2) is 10.1. The summed E-state index contributed by atoms with van der Waals surface area (Å²) in [5, 5.41) is 3.39. The summed E-state index contributed by atoms with van der Waals surface area (Å²) < 4.78 is 32.3. The number of nitrogens with one attached hydrogen (secondary N) is 1. The van der Waals surface area contributed by atoms with Crippen LogP contribution in [0.3, 0.4) is 0 Å². The molecule has 0 atom stereocenters. The van der Waals surface area contributed by atoms with Crippen LogP contribution in [0.25, 0.3) is 0 Å². The Labute approximate surface area is 176 Å². The largest absolute Gasteiger partial charge is 0.490 e. The van der Waals surface area contributed by atoms with Crippen LogP contribution in [0.15, 0.2) is 54.6 Å². The van der Waals surface area contributed by atoms with Crippen LogP contribution in [0.1, 0.15) is 18.4 Å². The molecule has 1 saturated heterocycles. The van der Waals surface area contributed by atoms with Crippen molar-refractivity contribution >= 4 is 27.5 Å². The fraction of sp³-hybridized carbons (Fsp3) is 0.381. The minimum Gasteiger partial charge on any atom is -0.490 e. The highest BCUT2D eigenvalue weighted by molar-refractivity contribution is 7.88. The fourth-order valence-electron chi connectivity index (χ4n) is 3.31. The van der Waals surface area contributed by atoms with Gasteiger partial charge in [0, 0.05) is 19.0 Å². The van der Waals surface area contributed by atoms with Gasteiger partial charge in [0.1, 0.15) is 12.4 Å². The van der Waals surface area contributed by atoms with Crippen LogP contribution < -0.4 is 10.1 Å². The number of benzene rings is 2. The summed E-state index contributed by atoms with van der Waals surface area (Å²) in [6, 6.07) is 16.3. The third kappa shape index (κ3) is 6.19. The van der Waals surface area contributed by atoms with Crippen molar-refractivity contribution in [3.8, 4) is 5.75 Å². The molecular formula is C21H25ClN2O4S. The Balaban J connectivity index is 1.40. The Kier molecular flexibility index (Phi) is 7.52. The van der Waals surface area contributed by atoms with Crippen molar-refractivity contribution in [2.75, 3.05) is 26.2 Å². The number of ether oxygens (including phenoxy) is 1. The van der Waals surface area contributed by atoms with E-state index in [1.54, 1.807) is 12.1 Å². The van der Waals surface area contributed by atoms with E-state index in [1.807, 2.05) is 42.5 Å². The Morgan fingerprint density at radius 2 is 1.72 bits per heavy atom. The van der Waals surface area contributed by atoms with Gasteiger partial charge in [-0.25, -0.2) is 12.7 Å². The number of nitrogens with zero attached hydrogens (tertiary/aromatic N) is 1. The summed E-state index contributed by atoms with van der Waals surface area (Å²) in [5.74, 6) is 0.330. The zero-order valence-corrected chi connectivity index (χ0v) is 17.7. The second-order valence-electron chi connectivity index (χ2n) is 6.99. The van der Waals surface area contributed by atoms with E-state index in [9.17, 15) is 13.2 Å². The highest BCUT2D eigenvalue weighted by atomic mass is 35.5. The monoisotopic (exact) mass is 436 g/mol. The van der Waals surface area contributed by atoms with E-state index in [1.165, 1.54) is 4.31 Å². The molecular weight excluding hydrogens is 412 g/mol. The van der Waals surface area contributed by atoms with Crippen LogP contribution in [0.2, 0.25) is 5.02 Å². The highest BCUT2D eigenvalue weighted by Crippen LogP contribution is 2.23. The molecule has 3 rings (SSSR count). The average molecular weight is 437 g/mol. The Morgan fingerprint density at radius 1 is 1.07 bits per heavy atom. The fourth-order valence-corrected chi connectivity index (χ4v) is 5.07. The number of sulfonamides is 1. The Hall–Kier alpha value is -2.09. The summed E-state index contributed by atoms with van der Waals surface area (Å²) in [4.78, 5) is 12.4. The number of hydrogen-bond donors (Lipinski definition) is 1. The molecule has 1 aliphatic heterocycles. The molecule has 0 saturated carbocycles. The van der Waals surface area contributed by atoms with Crippen molar-refractivity contribution in [1.29, 1.82) is 0 Å². The summed E-state index contributed by atoms with van der Waals surface area (Å²) in [5.41, 5.74) is 0.769. The van der Waals surface area contributed by atoms with E-state index in [4.69, 9.17) is 16.3 Å². The van der Waals surface area contributed by atoms with Crippen LogP contribution in [-0.4, -0.2) is 44.9 Å². The summed E-state index contributed by atoms with van der Waals surface area (Å²) in [6.45, 7) is 1.42. The third-order valence-electron chi connectivity index (χ3n) is 4.91. The van der Waals surface area contributed by atoms with Gasteiger partial charge in [-0.05, 0) is 30.5 Å². The molecule has 0 spiro atoms. The highest BCUT2D eigenvalue weighted by Gasteiger charge is 2.31. The maximum absolute atomic E-state index is 12.6. The van der Waals surface area contributed by atoms with Gasteiger partial charge in [-0.3, -0.25) is 4.79 Å². The van der Waals surface area contributed by atoms with E-state index in [0.717, 1.165) is 5.56 Å². The quantitative estimate of drug-likeness (QED) is 0.645. The molecule has 1 heterocycles. The van der Waals surface area contributed by atoms with Gasteiger partial charge in [0.2, 0.25) is 15.9 Å². The van der Waals surface area contributed by atoms with Crippen LogP contribution in [0.4, 0.5) is 0 Å². The molecule has 0 unspecified atom stereocenters. The lowest BCUT2D eigenvalue weighted by Crippen LogP contribution is -2.43. The van der Waals surface area contributed by atoms with Crippen molar-refractivity contribution < 1.29 is 17.9 Å². The number of hydrogen-bond acceptors (Lipinski definition) is 4. The lowest BCUT2D eigenvalue weighted by molar-refractivity contribution is -0.126. The van der Waals surface area contributed by atoms with Crippen LogP contribution in [-0.2, 0) is 20.6 Å². The third-order valence-corrected chi connectivity index (χ3v) is 7.07. The van der Waals surface area contributed by atoms with Gasteiger partial charge in [-0.1, -0.05) is 54.1 Å². The first-order chi connectivity index (χ1) is 14.0. The summed E-state index contributed by atoms with van der Waals surface area (Å²) >= 11 is 6.02. The number of para-hydroxylation sites is 1. The van der Waals surface area contributed by atoms with Gasteiger partial charge in [0.25, 0.3) is 0 Å². The Bertz CT molecular complexity index is 913. The molecule has 6 nitrogen and oxygen atoms in total. The average Bonchev–Trinajstić information content (AvgIpc) is 2.73. The van der Waals surface area contributed by atoms with E-state index >= 15 is 0 Å². The predicted molar refractivity (Wildman–Crippen MR) is 113 cm³/mol. The summed E-state index contributed by atoms with van der Waals surface area (Å²) in [6.07, 6.45) is 1.04. The molecule has 1 N–H and O–H groups in total. The van der Waals surface area contributed by atoms with Crippen molar-refractivity contribution in [1.82, 2.24) is 9.62 Å². The van der Waals surface area contributed by atoms with Gasteiger partial charge in [0.15, 0.2) is 0 Å². The summed E-state index contributed by atoms with van der Waals surface area (Å²) in [7, 11) is -3.37. The van der Waals surface area contributed by atoms with Gasteiger partial charge < -0.3 is 10.1 Å². The van der Waals surface area contributed by atoms with Crippen molar-refractivity contribution in [3.05, 3.63) is 65.2 Å². The molecule has 0 bridgehead atoms. The lowest BCUT2D eigenvalue weighted by atomic mass is 9.97. The van der Waals surface area contributed by atoms with Crippen LogP contribution >= 0.6 is 11.6 Å². The van der Waals surface area contributed by atoms with Gasteiger partial charge in [-0.15, -0.1) is 0 Å². The molecule has 0 aliphatic carbocycles. The first-order valence-electron chi connectivity index (χ1n) is 9.62. The normalized spacial score (nSPS) is 15.8. The SMILES string of the molecule is O=C(NCCOc1ccccc1Cl)C1CCN(S(=O)(=O)Cc2ccccc2)CC1. The molecule has 1 amide bonds. The first kappa shape index (κ1) is 21.6. The lowest BCUT2D eigenvalue weighted by Gasteiger charge is -2.30. The van der Waals surface area contributed by atoms with Gasteiger partial charge in [0.05, 0.1) is 17.3 Å². The number of carbonyl (C=O) groups excluding carboxylic acids is 1. The molecule has 29 heavy (non-hydrogen) atoms. The molecule has 0 aromatic heterocycles. The molecule has 1 fully saturated rings. The number of piperidine rings is 1. The zero-order valence-electron chi connectivity index (χ0n) is 16.1. The molecule has 1 aliphatic rings. The molecule has 2 aromatic carbocycles. The van der Waals surface area contributed by atoms with E-state index in [0.29, 0.717) is 49.9 Å². The topological polar surface area (TPSA) is 75.7 Å². The van der Waals surface area contributed by atoms with E-state index < -0.39 is 10.0 Å². The van der Waals surface area contributed by atoms with Gasteiger partial charge in [-0.2, -0.15) is 0 Å². The van der Waals surface area contributed by atoms with Crippen LogP contribution in [0.5, 0.6) is 5.75 Å². The minimum atomic E-state index is -3.37. The number of halogens is 1. The molecule has 2 aromatic rings. The van der Waals surface area contributed by atoms with E-state index in [2.05, 4.69) is 5.32 Å². The van der Waals surface area contributed by atoms with Crippen molar-refractivity contribution in [2.24, 2.45) is 5.92 Å². The molecule has 156 valence electrons. The predicted octanol–water partition coefficient (Wildman–Crippen LogP) is 3.08. The number of rotatable bonds is 8. The minimum absolute atomic E-state index is 0.00983. The number of carbonyl (C=O) groups is 1. The standard InChI is InChI=1S/C21H25ClN2O4S/c22-19-8-4-5-9-20(19)28-15-12-23-21(25)18-10-13-24(14-11-18)29(26,27)16-17-6-2-1-3-7-17/h1-9,18H,10-16H2,(H,23,25). The Morgan fingerprint density at radius 3 is 2.41 bits per heavy atom. The maximum atomic E-state index is 12.6. The van der Waals surface area contributed by atoms with E-state index in [-0.39, 0.29) is 17.6 Å². The van der Waals surface area contributed by atoms with Crippen molar-refractivity contribution in [3.63, 3.8) is 0 Å². The van der Waals surface area contributed by atoms with Crippen molar-refractivity contribution in [2.45, 2.75) is 18.6 Å². The maximum Gasteiger partial charge on any atom is 0.223 e. The van der Waals surface area contributed by atoms with Crippen LogP contribution in [0, 0.1) is 5.92 Å². The first-order valence-corrected chi connectivity index (χ1v) is 11.6.